The fraction of sp³-hybridized carbons (Fsp3) is 0.455. The first kappa shape index (κ1) is 10.3. The second-order valence-corrected chi connectivity index (χ2v) is 4.76. The van der Waals surface area contributed by atoms with Gasteiger partial charge in [0, 0.05) is 6.04 Å². The molecule has 0 bridgehead atoms. The second kappa shape index (κ2) is 4.09. The number of benzene rings is 1. The molecule has 0 saturated heterocycles. The van der Waals surface area contributed by atoms with E-state index in [2.05, 4.69) is 6.07 Å². The van der Waals surface area contributed by atoms with Crippen LogP contribution in [0.1, 0.15) is 30.7 Å². The van der Waals surface area contributed by atoms with Gasteiger partial charge in [0.15, 0.2) is 0 Å². The molecule has 1 aromatic carbocycles. The van der Waals surface area contributed by atoms with Gasteiger partial charge in [0.1, 0.15) is 0 Å². The van der Waals surface area contributed by atoms with E-state index in [1.54, 1.807) is 0 Å². The molecule has 14 heavy (non-hydrogen) atoms. The molecular weight excluding hydrogens is 217 g/mol. The molecule has 1 aromatic rings. The molecule has 0 aromatic heterocycles. The summed E-state index contributed by atoms with van der Waals surface area (Å²) in [4.78, 5) is 0. The highest BCUT2D eigenvalue weighted by molar-refractivity contribution is 6.42. The van der Waals surface area contributed by atoms with Gasteiger partial charge in [-0.2, -0.15) is 0 Å². The van der Waals surface area contributed by atoms with Crippen LogP contribution in [0.15, 0.2) is 18.2 Å². The Hall–Kier alpha value is -0.240. The average molecular weight is 230 g/mol. The van der Waals surface area contributed by atoms with E-state index in [0.717, 1.165) is 12.8 Å². The summed E-state index contributed by atoms with van der Waals surface area (Å²) < 4.78 is 0. The van der Waals surface area contributed by atoms with Crippen molar-refractivity contribution in [1.29, 1.82) is 0 Å². The van der Waals surface area contributed by atoms with E-state index in [4.69, 9.17) is 28.9 Å². The van der Waals surface area contributed by atoms with E-state index >= 15 is 0 Å². The molecule has 1 aliphatic carbocycles. The van der Waals surface area contributed by atoms with E-state index in [-0.39, 0.29) is 0 Å². The number of nitrogens with two attached hydrogens (primary N) is 1. The second-order valence-electron chi connectivity index (χ2n) is 3.94. The van der Waals surface area contributed by atoms with Crippen molar-refractivity contribution >= 4 is 23.2 Å². The highest BCUT2D eigenvalue weighted by atomic mass is 35.5. The van der Waals surface area contributed by atoms with Gasteiger partial charge in [-0.15, -0.1) is 0 Å². The summed E-state index contributed by atoms with van der Waals surface area (Å²) in [7, 11) is 0. The summed E-state index contributed by atoms with van der Waals surface area (Å²) in [6.07, 6.45) is 3.35. The van der Waals surface area contributed by atoms with Gasteiger partial charge in [-0.1, -0.05) is 29.3 Å². The first-order chi connectivity index (χ1) is 6.66. The van der Waals surface area contributed by atoms with Gasteiger partial charge >= 0.3 is 0 Å². The number of hydrogen-bond acceptors (Lipinski definition) is 1. The molecule has 0 radical (unpaired) electrons. The van der Waals surface area contributed by atoms with Crippen LogP contribution in [0.2, 0.25) is 10.0 Å². The largest absolute Gasteiger partial charge is 0.328 e. The van der Waals surface area contributed by atoms with E-state index in [0.29, 0.717) is 22.0 Å². The minimum atomic E-state index is 0.356. The first-order valence-corrected chi connectivity index (χ1v) is 5.63. The summed E-state index contributed by atoms with van der Waals surface area (Å²) in [5.41, 5.74) is 7.14. The third-order valence-electron chi connectivity index (χ3n) is 2.89. The SMILES string of the molecule is N[C@H]1CC[C@H](c2ccc(Cl)c(Cl)c2)C1. The molecule has 2 rings (SSSR count). The van der Waals surface area contributed by atoms with Crippen molar-refractivity contribution in [2.75, 3.05) is 0 Å². The molecule has 0 unspecified atom stereocenters. The molecule has 0 heterocycles. The molecular formula is C11H13Cl2N. The van der Waals surface area contributed by atoms with Crippen LogP contribution in [0, 0.1) is 0 Å². The van der Waals surface area contributed by atoms with Crippen molar-refractivity contribution in [3.8, 4) is 0 Å². The highest BCUT2D eigenvalue weighted by Crippen LogP contribution is 2.35. The molecule has 1 saturated carbocycles. The molecule has 1 nitrogen and oxygen atoms in total. The fourth-order valence-corrected chi connectivity index (χ4v) is 2.39. The lowest BCUT2D eigenvalue weighted by Gasteiger charge is -2.10. The quantitative estimate of drug-likeness (QED) is 0.783. The fourth-order valence-electron chi connectivity index (χ4n) is 2.09. The maximum atomic E-state index is 5.97. The van der Waals surface area contributed by atoms with Crippen molar-refractivity contribution in [3.05, 3.63) is 33.8 Å². The Bertz CT molecular complexity index is 338. The van der Waals surface area contributed by atoms with Gasteiger partial charge in [0.2, 0.25) is 0 Å². The lowest BCUT2D eigenvalue weighted by Crippen LogP contribution is -2.14. The van der Waals surface area contributed by atoms with E-state index < -0.39 is 0 Å². The zero-order valence-corrected chi connectivity index (χ0v) is 9.35. The Balaban J connectivity index is 2.20. The summed E-state index contributed by atoms with van der Waals surface area (Å²) >= 11 is 11.8. The van der Waals surface area contributed by atoms with Gasteiger partial charge in [-0.05, 0) is 42.9 Å². The number of rotatable bonds is 1. The van der Waals surface area contributed by atoms with Gasteiger partial charge in [0.05, 0.1) is 10.0 Å². The Labute approximate surface area is 94.2 Å². The lowest BCUT2D eigenvalue weighted by molar-refractivity contribution is 0.675. The zero-order chi connectivity index (χ0) is 10.1. The smallest absolute Gasteiger partial charge is 0.0595 e. The molecule has 0 aliphatic heterocycles. The Morgan fingerprint density at radius 1 is 1.14 bits per heavy atom. The Morgan fingerprint density at radius 3 is 2.50 bits per heavy atom. The topological polar surface area (TPSA) is 26.0 Å². The zero-order valence-electron chi connectivity index (χ0n) is 7.84. The van der Waals surface area contributed by atoms with E-state index in [9.17, 15) is 0 Å². The lowest BCUT2D eigenvalue weighted by atomic mass is 9.98. The standard InChI is InChI=1S/C11H13Cl2N/c12-10-4-2-8(6-11(10)13)7-1-3-9(14)5-7/h2,4,6-7,9H,1,3,5,14H2/t7-,9-/m0/s1. The summed E-state index contributed by atoms with van der Waals surface area (Å²) in [6, 6.07) is 6.24. The predicted octanol–water partition coefficient (Wildman–Crippen LogP) is 3.59. The number of hydrogen-bond donors (Lipinski definition) is 1. The van der Waals surface area contributed by atoms with Gasteiger partial charge < -0.3 is 5.73 Å². The molecule has 2 N–H and O–H groups in total. The van der Waals surface area contributed by atoms with Gasteiger partial charge in [-0.25, -0.2) is 0 Å². The van der Waals surface area contributed by atoms with E-state index in [1.165, 1.54) is 12.0 Å². The monoisotopic (exact) mass is 229 g/mol. The van der Waals surface area contributed by atoms with Crippen LogP contribution in [0.3, 0.4) is 0 Å². The summed E-state index contributed by atoms with van der Waals surface area (Å²) in [6.45, 7) is 0. The van der Waals surface area contributed by atoms with Crippen molar-refractivity contribution in [1.82, 2.24) is 0 Å². The molecule has 3 heteroatoms. The number of halogens is 2. The molecule has 76 valence electrons. The third kappa shape index (κ3) is 2.05. The van der Waals surface area contributed by atoms with Crippen LogP contribution >= 0.6 is 23.2 Å². The molecule has 1 fully saturated rings. The highest BCUT2D eigenvalue weighted by Gasteiger charge is 2.23. The molecule has 0 spiro atoms. The maximum Gasteiger partial charge on any atom is 0.0595 e. The summed E-state index contributed by atoms with van der Waals surface area (Å²) in [5.74, 6) is 0.569. The third-order valence-corrected chi connectivity index (χ3v) is 3.63. The minimum absolute atomic E-state index is 0.356. The van der Waals surface area contributed by atoms with Crippen molar-refractivity contribution < 1.29 is 0 Å². The Kier molecular flexibility index (Phi) is 3.01. The van der Waals surface area contributed by atoms with Crippen LogP contribution in [0.4, 0.5) is 0 Å². The van der Waals surface area contributed by atoms with Gasteiger partial charge in [0.25, 0.3) is 0 Å². The van der Waals surface area contributed by atoms with Crippen molar-refractivity contribution in [2.24, 2.45) is 5.73 Å². The Morgan fingerprint density at radius 2 is 1.93 bits per heavy atom. The average Bonchev–Trinajstić information content (AvgIpc) is 2.57. The normalized spacial score (nSPS) is 26.8. The van der Waals surface area contributed by atoms with Gasteiger partial charge in [-0.3, -0.25) is 0 Å². The molecule has 0 amide bonds. The van der Waals surface area contributed by atoms with Crippen LogP contribution in [-0.4, -0.2) is 6.04 Å². The van der Waals surface area contributed by atoms with Crippen molar-refractivity contribution in [2.45, 2.75) is 31.2 Å². The van der Waals surface area contributed by atoms with Crippen LogP contribution < -0.4 is 5.73 Å². The first-order valence-electron chi connectivity index (χ1n) is 4.87. The maximum absolute atomic E-state index is 5.97. The van der Waals surface area contributed by atoms with Crippen molar-refractivity contribution in [3.63, 3.8) is 0 Å². The van der Waals surface area contributed by atoms with E-state index in [1.807, 2.05) is 12.1 Å². The molecule has 2 atom stereocenters. The van der Waals surface area contributed by atoms with Crippen LogP contribution in [0.5, 0.6) is 0 Å². The van der Waals surface area contributed by atoms with Crippen LogP contribution in [-0.2, 0) is 0 Å². The predicted molar refractivity (Wildman–Crippen MR) is 61.0 cm³/mol. The van der Waals surface area contributed by atoms with Crippen LogP contribution in [0.25, 0.3) is 0 Å². The minimum Gasteiger partial charge on any atom is -0.328 e. The molecule has 1 aliphatic rings. The summed E-state index contributed by atoms with van der Waals surface area (Å²) in [5, 5.41) is 1.27.